The van der Waals surface area contributed by atoms with Crippen LogP contribution in [0.4, 0.5) is 4.39 Å². The Bertz CT molecular complexity index is 442. The lowest BCUT2D eigenvalue weighted by atomic mass is 10.1. The first kappa shape index (κ1) is 12.8. The highest BCUT2D eigenvalue weighted by Crippen LogP contribution is 2.19. The van der Waals surface area contributed by atoms with Crippen LogP contribution in [-0.4, -0.2) is 19.2 Å². The molecule has 90 valence electrons. The molecule has 0 fully saturated rings. The molecule has 0 saturated heterocycles. The lowest BCUT2D eigenvalue weighted by Gasteiger charge is -2.08. The minimum absolute atomic E-state index is 0.0697. The molecule has 1 rings (SSSR count). The van der Waals surface area contributed by atoms with E-state index in [2.05, 4.69) is 5.32 Å². The third kappa shape index (κ3) is 3.99. The van der Waals surface area contributed by atoms with Crippen LogP contribution in [0.15, 0.2) is 18.2 Å². The summed E-state index contributed by atoms with van der Waals surface area (Å²) in [6.45, 7) is -0.314. The lowest BCUT2D eigenvalue weighted by molar-refractivity contribution is 0.272. The molecule has 0 atom stereocenters. The first-order chi connectivity index (χ1) is 8.17. The van der Waals surface area contributed by atoms with E-state index in [4.69, 9.17) is 21.1 Å². The minimum Gasteiger partial charge on any atom is -0.489 e. The van der Waals surface area contributed by atoms with Crippen LogP contribution in [-0.2, 0) is 6.54 Å². The van der Waals surface area contributed by atoms with Crippen molar-refractivity contribution in [3.05, 3.63) is 29.3 Å². The molecule has 0 aliphatic carbocycles. The highest BCUT2D eigenvalue weighted by atomic mass is 19.1. The highest BCUT2D eigenvalue weighted by molar-refractivity contribution is 5.74. The smallest absolute Gasteiger partial charge is 0.185 e. The number of alkyl halides is 1. The minimum atomic E-state index is -0.599. The summed E-state index contributed by atoms with van der Waals surface area (Å²) in [4.78, 5) is 0. The molecule has 0 aliphatic heterocycles. The fraction of sp³-hybridized carbons (Fsp3) is 0.273. The standard InChI is InChI=1S/C11H13FN4O/c12-3-4-17-10-2-1-8(5-9(10)6-13)7-16-11(14)15/h1-2,5H,3-4,7H2,(H4,14,15,16). The summed E-state index contributed by atoms with van der Waals surface area (Å²) in [6.07, 6.45) is 0. The van der Waals surface area contributed by atoms with Gasteiger partial charge in [0.25, 0.3) is 0 Å². The van der Waals surface area contributed by atoms with Gasteiger partial charge in [0.15, 0.2) is 5.96 Å². The van der Waals surface area contributed by atoms with Gasteiger partial charge in [-0.05, 0) is 17.7 Å². The molecule has 0 unspecified atom stereocenters. The van der Waals surface area contributed by atoms with Crippen LogP contribution in [0.2, 0.25) is 0 Å². The van der Waals surface area contributed by atoms with E-state index in [1.54, 1.807) is 18.2 Å². The number of nitrogens with one attached hydrogen (secondary N) is 2. The molecule has 0 bridgehead atoms. The fourth-order valence-corrected chi connectivity index (χ4v) is 1.25. The molecule has 4 N–H and O–H groups in total. The van der Waals surface area contributed by atoms with Crippen molar-refractivity contribution in [2.75, 3.05) is 13.3 Å². The van der Waals surface area contributed by atoms with Crippen molar-refractivity contribution in [1.29, 1.82) is 10.7 Å². The number of halogens is 1. The Morgan fingerprint density at radius 2 is 2.35 bits per heavy atom. The van der Waals surface area contributed by atoms with E-state index in [0.29, 0.717) is 17.9 Å². The summed E-state index contributed by atoms with van der Waals surface area (Å²) in [5.74, 6) is 0.220. The molecule has 0 saturated carbocycles. The van der Waals surface area contributed by atoms with Gasteiger partial charge in [-0.3, -0.25) is 5.41 Å². The van der Waals surface area contributed by atoms with Crippen LogP contribution >= 0.6 is 0 Å². The Hall–Kier alpha value is -2.29. The fourth-order valence-electron chi connectivity index (χ4n) is 1.25. The van der Waals surface area contributed by atoms with Gasteiger partial charge >= 0.3 is 0 Å². The van der Waals surface area contributed by atoms with Gasteiger partial charge in [-0.1, -0.05) is 6.07 Å². The Kier molecular flexibility index (Phi) is 4.76. The highest BCUT2D eigenvalue weighted by Gasteiger charge is 2.04. The van der Waals surface area contributed by atoms with Crippen LogP contribution in [0.1, 0.15) is 11.1 Å². The van der Waals surface area contributed by atoms with Crippen molar-refractivity contribution in [3.8, 4) is 11.8 Å². The molecule has 0 aliphatic rings. The number of nitrogens with zero attached hydrogens (tertiary/aromatic N) is 1. The number of rotatable bonds is 5. The van der Waals surface area contributed by atoms with E-state index in [1.165, 1.54) is 0 Å². The third-order valence-electron chi connectivity index (χ3n) is 1.98. The number of nitriles is 1. The maximum Gasteiger partial charge on any atom is 0.185 e. The molecule has 0 spiro atoms. The Morgan fingerprint density at radius 3 is 2.94 bits per heavy atom. The summed E-state index contributed by atoms with van der Waals surface area (Å²) in [7, 11) is 0. The molecular formula is C11H13FN4O. The van der Waals surface area contributed by atoms with E-state index in [-0.39, 0.29) is 12.6 Å². The zero-order chi connectivity index (χ0) is 12.7. The van der Waals surface area contributed by atoms with E-state index in [1.807, 2.05) is 6.07 Å². The number of benzene rings is 1. The van der Waals surface area contributed by atoms with Crippen LogP contribution in [0, 0.1) is 16.7 Å². The predicted molar refractivity (Wildman–Crippen MR) is 61.4 cm³/mol. The van der Waals surface area contributed by atoms with Gasteiger partial charge < -0.3 is 15.8 Å². The molecular weight excluding hydrogens is 223 g/mol. The normalized spacial score (nSPS) is 9.41. The molecule has 17 heavy (non-hydrogen) atoms. The maximum absolute atomic E-state index is 11.9. The molecule has 0 amide bonds. The average Bonchev–Trinajstić information content (AvgIpc) is 2.34. The molecule has 0 heterocycles. The Labute approximate surface area is 98.5 Å². The second-order valence-electron chi connectivity index (χ2n) is 3.25. The van der Waals surface area contributed by atoms with Crippen LogP contribution < -0.4 is 15.8 Å². The van der Waals surface area contributed by atoms with Crippen molar-refractivity contribution in [3.63, 3.8) is 0 Å². The molecule has 1 aromatic rings. The number of guanidine groups is 1. The van der Waals surface area contributed by atoms with Crippen molar-refractivity contribution in [1.82, 2.24) is 5.32 Å². The zero-order valence-corrected chi connectivity index (χ0v) is 9.16. The van der Waals surface area contributed by atoms with Crippen molar-refractivity contribution < 1.29 is 9.13 Å². The van der Waals surface area contributed by atoms with E-state index >= 15 is 0 Å². The van der Waals surface area contributed by atoms with Crippen molar-refractivity contribution in [2.45, 2.75) is 6.54 Å². The first-order valence-corrected chi connectivity index (χ1v) is 4.97. The molecule has 0 aromatic heterocycles. The average molecular weight is 236 g/mol. The van der Waals surface area contributed by atoms with Gasteiger partial charge in [0, 0.05) is 6.54 Å². The Balaban J connectivity index is 2.78. The molecule has 5 nitrogen and oxygen atoms in total. The van der Waals surface area contributed by atoms with Gasteiger partial charge in [0.1, 0.15) is 25.1 Å². The summed E-state index contributed by atoms with van der Waals surface area (Å²) in [6, 6.07) is 6.92. The van der Waals surface area contributed by atoms with E-state index in [9.17, 15) is 4.39 Å². The summed E-state index contributed by atoms with van der Waals surface area (Å²) >= 11 is 0. The largest absolute Gasteiger partial charge is 0.489 e. The van der Waals surface area contributed by atoms with Gasteiger partial charge in [0.05, 0.1) is 5.56 Å². The molecule has 6 heteroatoms. The number of hydrogen-bond acceptors (Lipinski definition) is 3. The first-order valence-electron chi connectivity index (χ1n) is 4.97. The third-order valence-corrected chi connectivity index (χ3v) is 1.98. The molecule has 1 aromatic carbocycles. The van der Waals surface area contributed by atoms with Crippen molar-refractivity contribution >= 4 is 5.96 Å². The van der Waals surface area contributed by atoms with Crippen LogP contribution in [0.5, 0.6) is 5.75 Å². The maximum atomic E-state index is 11.9. The number of nitrogens with two attached hydrogens (primary N) is 1. The van der Waals surface area contributed by atoms with Gasteiger partial charge in [-0.25, -0.2) is 4.39 Å². The lowest BCUT2D eigenvalue weighted by Crippen LogP contribution is -2.29. The quantitative estimate of drug-likeness (QED) is 0.522. The summed E-state index contributed by atoms with van der Waals surface area (Å²) in [5, 5.41) is 18.5. The number of hydrogen-bond donors (Lipinski definition) is 3. The van der Waals surface area contributed by atoms with Gasteiger partial charge in [-0.2, -0.15) is 5.26 Å². The summed E-state index contributed by atoms with van der Waals surface area (Å²) < 4.78 is 17.0. The SMILES string of the molecule is N#Cc1cc(CNC(=N)N)ccc1OCCF. The topological polar surface area (TPSA) is 94.9 Å². The zero-order valence-electron chi connectivity index (χ0n) is 9.16. The predicted octanol–water partition coefficient (Wildman–Crippen LogP) is 0.890. The van der Waals surface area contributed by atoms with Crippen molar-refractivity contribution in [2.24, 2.45) is 5.73 Å². The second kappa shape index (κ2) is 6.33. The van der Waals surface area contributed by atoms with Gasteiger partial charge in [0.2, 0.25) is 0 Å². The van der Waals surface area contributed by atoms with Crippen LogP contribution in [0.25, 0.3) is 0 Å². The molecule has 0 radical (unpaired) electrons. The van der Waals surface area contributed by atoms with E-state index in [0.717, 1.165) is 5.56 Å². The monoisotopic (exact) mass is 236 g/mol. The van der Waals surface area contributed by atoms with E-state index < -0.39 is 6.67 Å². The second-order valence-corrected chi connectivity index (χ2v) is 3.25. The van der Waals surface area contributed by atoms with Gasteiger partial charge in [-0.15, -0.1) is 0 Å². The number of ether oxygens (including phenoxy) is 1. The Morgan fingerprint density at radius 1 is 1.59 bits per heavy atom. The summed E-state index contributed by atoms with van der Waals surface area (Å²) in [5.41, 5.74) is 6.28. The van der Waals surface area contributed by atoms with Crippen LogP contribution in [0.3, 0.4) is 0 Å².